The predicted octanol–water partition coefficient (Wildman–Crippen LogP) is 5.91. The van der Waals surface area contributed by atoms with Gasteiger partial charge in [-0.25, -0.2) is 12.8 Å². The molecule has 0 N–H and O–H groups in total. The van der Waals surface area contributed by atoms with E-state index >= 15 is 0 Å². The van der Waals surface area contributed by atoms with E-state index in [9.17, 15) is 43.9 Å². The van der Waals surface area contributed by atoms with Gasteiger partial charge in [-0.3, -0.25) is 4.79 Å². The van der Waals surface area contributed by atoms with Crippen LogP contribution >= 0.6 is 0 Å². The summed E-state index contributed by atoms with van der Waals surface area (Å²) in [7, 11) is -2.56. The Morgan fingerprint density at radius 3 is 2.17 bits per heavy atom. The van der Waals surface area contributed by atoms with Gasteiger partial charge in [-0.2, -0.15) is 30.6 Å². The van der Waals surface area contributed by atoms with Crippen molar-refractivity contribution in [3.8, 4) is 5.75 Å². The van der Waals surface area contributed by atoms with Crippen molar-refractivity contribution in [1.82, 2.24) is 4.31 Å². The van der Waals surface area contributed by atoms with Gasteiger partial charge in [0.25, 0.3) is 0 Å². The fourth-order valence-corrected chi connectivity index (χ4v) is 5.71. The number of hydrogen-bond acceptors (Lipinski definition) is 6. The largest absolute Gasteiger partial charge is 0.492 e. The second kappa shape index (κ2) is 11.1. The molecule has 0 bridgehead atoms. The Labute approximate surface area is 226 Å². The van der Waals surface area contributed by atoms with Crippen LogP contribution in [-0.2, 0) is 25.7 Å². The van der Waals surface area contributed by atoms with E-state index in [-0.39, 0.29) is 5.69 Å². The fraction of sp³-hybridized carbons (Fsp3) is 0.480. The molecule has 0 aromatic heterocycles. The maximum Gasteiger partial charge on any atom is 0.420 e. The number of anilines is 2. The highest BCUT2D eigenvalue weighted by molar-refractivity contribution is 7.89. The van der Waals surface area contributed by atoms with E-state index in [1.807, 2.05) is 0 Å². The van der Waals surface area contributed by atoms with Crippen LogP contribution in [0.25, 0.3) is 0 Å². The summed E-state index contributed by atoms with van der Waals surface area (Å²) in [6.07, 6.45) is -11.7. The first-order chi connectivity index (χ1) is 18.3. The molecule has 0 spiro atoms. The highest BCUT2D eigenvalue weighted by atomic mass is 32.2. The lowest BCUT2D eigenvalue weighted by Gasteiger charge is -2.30. The van der Waals surface area contributed by atoms with Crippen LogP contribution in [0.15, 0.2) is 41.3 Å². The zero-order valence-corrected chi connectivity index (χ0v) is 22.7. The lowest BCUT2D eigenvalue weighted by molar-refractivity contribution is -0.152. The van der Waals surface area contributed by atoms with E-state index in [0.717, 1.165) is 31.2 Å². The topological polar surface area (TPSA) is 76.2 Å². The molecule has 2 aromatic rings. The van der Waals surface area contributed by atoms with Gasteiger partial charge in [-0.1, -0.05) is 0 Å². The third-order valence-electron chi connectivity index (χ3n) is 6.45. The molecule has 0 fully saturated rings. The molecule has 0 amide bonds. The van der Waals surface area contributed by atoms with E-state index in [4.69, 9.17) is 4.74 Å². The molecule has 2 aromatic carbocycles. The third-order valence-corrected chi connectivity index (χ3v) is 8.39. The molecule has 1 aliphatic rings. The van der Waals surface area contributed by atoms with Gasteiger partial charge in [0, 0.05) is 37.8 Å². The molecule has 3 rings (SSSR count). The fourth-order valence-electron chi connectivity index (χ4n) is 4.15. The number of carbonyl (C=O) groups is 1. The Balaban J connectivity index is 2.25. The molecule has 1 atom stereocenters. The number of ether oxygens (including phenoxy) is 2. The van der Waals surface area contributed by atoms with Crippen LogP contribution in [0.1, 0.15) is 32.3 Å². The van der Waals surface area contributed by atoms with Crippen LogP contribution in [0, 0.1) is 11.2 Å². The molecule has 0 saturated heterocycles. The van der Waals surface area contributed by atoms with Crippen LogP contribution in [-0.4, -0.2) is 58.2 Å². The number of methoxy groups -OCH3 is 1. The maximum absolute atomic E-state index is 14.2. The molecule has 40 heavy (non-hydrogen) atoms. The quantitative estimate of drug-likeness (QED) is 0.291. The van der Waals surface area contributed by atoms with Crippen molar-refractivity contribution in [2.24, 2.45) is 5.41 Å². The summed E-state index contributed by atoms with van der Waals surface area (Å²) in [4.78, 5) is 12.4. The summed E-state index contributed by atoms with van der Waals surface area (Å²) in [5.41, 5.74) is -3.23. The summed E-state index contributed by atoms with van der Waals surface area (Å²) in [6.45, 7) is 1.62. The Hall–Kier alpha value is -3.07. The number of benzene rings is 2. The maximum atomic E-state index is 14.2. The van der Waals surface area contributed by atoms with Gasteiger partial charge in [-0.15, -0.1) is 0 Å². The van der Waals surface area contributed by atoms with Crippen molar-refractivity contribution in [3.05, 3.63) is 47.8 Å². The summed E-state index contributed by atoms with van der Waals surface area (Å²) >= 11 is 0. The Morgan fingerprint density at radius 1 is 1.05 bits per heavy atom. The zero-order valence-electron chi connectivity index (χ0n) is 21.9. The minimum absolute atomic E-state index is 0.0544. The van der Waals surface area contributed by atoms with Crippen molar-refractivity contribution >= 4 is 27.4 Å². The SMILES string of the molecule is COC(=O)C(C)(C)COc1cc2c(cc1C(F)(F)F)N(c1ccc(F)cc1)CC(CCC(F)(F)F)N(C)S2(=O)=O. The van der Waals surface area contributed by atoms with Crippen LogP contribution in [0.5, 0.6) is 5.75 Å². The molecule has 0 radical (unpaired) electrons. The van der Waals surface area contributed by atoms with E-state index in [2.05, 4.69) is 4.74 Å². The normalized spacial score (nSPS) is 18.2. The van der Waals surface area contributed by atoms with Gasteiger partial charge >= 0.3 is 18.3 Å². The third kappa shape index (κ3) is 6.79. The van der Waals surface area contributed by atoms with Crippen molar-refractivity contribution in [1.29, 1.82) is 0 Å². The number of hydrogen-bond donors (Lipinski definition) is 0. The van der Waals surface area contributed by atoms with Gasteiger partial charge in [0.1, 0.15) is 23.1 Å². The predicted molar refractivity (Wildman–Crippen MR) is 130 cm³/mol. The molecule has 1 heterocycles. The van der Waals surface area contributed by atoms with Crippen LogP contribution in [0.4, 0.5) is 42.1 Å². The minimum Gasteiger partial charge on any atom is -0.492 e. The van der Waals surface area contributed by atoms with Gasteiger partial charge in [0.15, 0.2) is 0 Å². The number of alkyl halides is 6. The lowest BCUT2D eigenvalue weighted by Crippen LogP contribution is -2.41. The molecule has 1 aliphatic heterocycles. The lowest BCUT2D eigenvalue weighted by atomic mass is 9.95. The second-order valence-corrected chi connectivity index (χ2v) is 11.9. The van der Waals surface area contributed by atoms with Crippen LogP contribution in [0.3, 0.4) is 0 Å². The monoisotopic (exact) mass is 600 g/mol. The van der Waals surface area contributed by atoms with E-state index < -0.39 is 93.5 Å². The van der Waals surface area contributed by atoms with Gasteiger partial charge in [0.05, 0.1) is 23.8 Å². The average molecular weight is 601 g/mol. The molecule has 7 nitrogen and oxygen atoms in total. The van der Waals surface area contributed by atoms with Crippen molar-refractivity contribution in [2.75, 3.05) is 32.2 Å². The number of nitrogens with zero attached hydrogens (tertiary/aromatic N) is 2. The van der Waals surface area contributed by atoms with Gasteiger partial charge < -0.3 is 14.4 Å². The highest BCUT2D eigenvalue weighted by Crippen LogP contribution is 2.46. The summed E-state index contributed by atoms with van der Waals surface area (Å²) in [5, 5.41) is 0. The standard InChI is InChI=1S/C25H27F7N2O5S/c1-23(2,22(35)38-4)14-39-20-12-21-19(11-18(20)25(30,31)32)34(16-7-5-15(26)6-8-16)13-17(9-10-24(27,28)29)33(3)40(21,36)37/h5-8,11-12,17H,9-10,13-14H2,1-4H3. The number of halogens is 7. The number of rotatable bonds is 7. The number of carbonyl (C=O) groups excluding carboxylic acids is 1. The van der Waals surface area contributed by atoms with E-state index in [1.165, 1.54) is 26.0 Å². The summed E-state index contributed by atoms with van der Waals surface area (Å²) in [5.74, 6) is -2.39. The Morgan fingerprint density at radius 2 is 1.65 bits per heavy atom. The first kappa shape index (κ1) is 31.5. The zero-order chi connectivity index (χ0) is 30.3. The molecule has 0 saturated carbocycles. The van der Waals surface area contributed by atoms with E-state index in [0.29, 0.717) is 16.4 Å². The minimum atomic E-state index is -5.06. The first-order valence-corrected chi connectivity index (χ1v) is 13.3. The summed E-state index contributed by atoms with van der Waals surface area (Å²) < 4.78 is 133. The summed E-state index contributed by atoms with van der Waals surface area (Å²) in [6, 6.07) is 4.17. The van der Waals surface area contributed by atoms with Crippen LogP contribution < -0.4 is 9.64 Å². The Bertz CT molecular complexity index is 1340. The molecule has 222 valence electrons. The molecule has 0 aliphatic carbocycles. The average Bonchev–Trinajstić information content (AvgIpc) is 2.93. The number of esters is 1. The second-order valence-electron chi connectivity index (χ2n) is 9.89. The van der Waals surface area contributed by atoms with E-state index in [1.54, 1.807) is 0 Å². The number of sulfonamides is 1. The van der Waals surface area contributed by atoms with Gasteiger partial charge in [-0.05, 0) is 50.6 Å². The van der Waals surface area contributed by atoms with Crippen molar-refractivity contribution < 1.29 is 53.4 Å². The Kier molecular flexibility index (Phi) is 8.71. The molecule has 15 heteroatoms. The smallest absolute Gasteiger partial charge is 0.420 e. The van der Waals surface area contributed by atoms with Gasteiger partial charge in [0.2, 0.25) is 10.0 Å². The number of likely N-dealkylation sites (N-methyl/N-ethyl adjacent to an activating group) is 1. The van der Waals surface area contributed by atoms with Crippen molar-refractivity contribution in [3.63, 3.8) is 0 Å². The molecule has 1 unspecified atom stereocenters. The highest BCUT2D eigenvalue weighted by Gasteiger charge is 2.43. The number of fused-ring (bicyclic) bond motifs is 1. The molecular weight excluding hydrogens is 573 g/mol. The first-order valence-electron chi connectivity index (χ1n) is 11.8. The van der Waals surface area contributed by atoms with Crippen LogP contribution in [0.2, 0.25) is 0 Å². The molecular formula is C25H27F7N2O5S. The van der Waals surface area contributed by atoms with Crippen molar-refractivity contribution in [2.45, 2.75) is 50.0 Å².